The quantitative estimate of drug-likeness (QED) is 0.743. The summed E-state index contributed by atoms with van der Waals surface area (Å²) < 4.78 is 5.36. The van der Waals surface area contributed by atoms with Gasteiger partial charge in [-0.3, -0.25) is 15.1 Å². The average Bonchev–Trinajstić information content (AvgIpc) is 3.03. The molecule has 0 spiro atoms. The number of benzene rings is 1. The molecule has 1 amide bonds. The molecule has 2 aromatic heterocycles. The van der Waals surface area contributed by atoms with Gasteiger partial charge in [0, 0.05) is 23.5 Å². The molecule has 1 aromatic carbocycles. The third-order valence-corrected chi connectivity index (χ3v) is 3.23. The fraction of sp³-hybridized carbons (Fsp3) is 0. The molecule has 0 aliphatic carbocycles. The van der Waals surface area contributed by atoms with E-state index in [0.717, 1.165) is 5.56 Å². The topological polar surface area (TPSA) is 80.9 Å². The zero-order chi connectivity index (χ0) is 16.1. The van der Waals surface area contributed by atoms with Gasteiger partial charge in [0.2, 0.25) is 0 Å². The van der Waals surface area contributed by atoms with Gasteiger partial charge in [0.25, 0.3) is 11.8 Å². The van der Waals surface area contributed by atoms with Crippen LogP contribution in [0, 0.1) is 0 Å². The Bertz CT molecular complexity index is 846. The minimum Gasteiger partial charge on any atom is -0.403 e. The van der Waals surface area contributed by atoms with Gasteiger partial charge in [-0.05, 0) is 29.8 Å². The molecule has 0 bridgehead atoms. The summed E-state index contributed by atoms with van der Waals surface area (Å²) >= 11 is 6.01. The highest BCUT2D eigenvalue weighted by molar-refractivity contribution is 6.32. The second kappa shape index (κ2) is 6.85. The molecule has 0 aliphatic rings. The van der Waals surface area contributed by atoms with Crippen LogP contribution in [0.1, 0.15) is 5.56 Å². The van der Waals surface area contributed by atoms with Gasteiger partial charge in [-0.1, -0.05) is 34.9 Å². The van der Waals surface area contributed by atoms with Crippen LogP contribution in [0.25, 0.3) is 17.5 Å². The van der Waals surface area contributed by atoms with Gasteiger partial charge in [-0.25, -0.2) is 0 Å². The SMILES string of the molecule is O=C(C=Cc1ccccc1Cl)Nc1nnc(-c2cccnc2)o1. The number of hydrogen-bond acceptors (Lipinski definition) is 5. The van der Waals surface area contributed by atoms with Gasteiger partial charge < -0.3 is 4.42 Å². The van der Waals surface area contributed by atoms with Crippen molar-refractivity contribution in [1.29, 1.82) is 0 Å². The summed E-state index contributed by atoms with van der Waals surface area (Å²) in [6.07, 6.45) is 6.18. The van der Waals surface area contributed by atoms with Crippen LogP contribution in [0.5, 0.6) is 0 Å². The van der Waals surface area contributed by atoms with Gasteiger partial charge in [-0.2, -0.15) is 0 Å². The summed E-state index contributed by atoms with van der Waals surface area (Å²) in [7, 11) is 0. The largest absolute Gasteiger partial charge is 0.403 e. The van der Waals surface area contributed by atoms with Crippen molar-refractivity contribution < 1.29 is 9.21 Å². The summed E-state index contributed by atoms with van der Waals surface area (Å²) in [5.41, 5.74) is 1.41. The lowest BCUT2D eigenvalue weighted by Crippen LogP contribution is -2.07. The predicted octanol–water partition coefficient (Wildman–Crippen LogP) is 3.44. The highest BCUT2D eigenvalue weighted by Crippen LogP contribution is 2.19. The number of halogens is 1. The first kappa shape index (κ1) is 14.9. The molecule has 6 nitrogen and oxygen atoms in total. The molecule has 3 aromatic rings. The fourth-order valence-corrected chi connectivity index (χ4v) is 2.00. The number of carbonyl (C=O) groups is 1. The second-order valence-corrected chi connectivity index (χ2v) is 4.91. The number of anilines is 1. The van der Waals surface area contributed by atoms with Crippen LogP contribution in [0.15, 0.2) is 59.3 Å². The maximum absolute atomic E-state index is 11.9. The molecule has 0 fully saturated rings. The second-order valence-electron chi connectivity index (χ2n) is 4.50. The van der Waals surface area contributed by atoms with E-state index < -0.39 is 5.91 Å². The molecule has 0 aliphatic heterocycles. The van der Waals surface area contributed by atoms with E-state index in [4.69, 9.17) is 16.0 Å². The Labute approximate surface area is 136 Å². The standard InChI is InChI=1S/C16H11ClN4O2/c17-13-6-2-1-4-11(13)7-8-14(22)19-16-21-20-15(23-16)12-5-3-9-18-10-12/h1-10H,(H,19,21,22). The first-order chi connectivity index (χ1) is 11.2. The van der Waals surface area contributed by atoms with Crippen molar-refractivity contribution in [2.75, 3.05) is 5.32 Å². The number of hydrogen-bond donors (Lipinski definition) is 1. The molecule has 0 radical (unpaired) electrons. The van der Waals surface area contributed by atoms with Gasteiger partial charge in [-0.15, -0.1) is 5.10 Å². The first-order valence-electron chi connectivity index (χ1n) is 6.70. The highest BCUT2D eigenvalue weighted by atomic mass is 35.5. The van der Waals surface area contributed by atoms with Crippen molar-refractivity contribution in [3.05, 3.63) is 65.5 Å². The number of rotatable bonds is 4. The monoisotopic (exact) mass is 326 g/mol. The third kappa shape index (κ3) is 3.81. The zero-order valence-electron chi connectivity index (χ0n) is 11.8. The van der Waals surface area contributed by atoms with E-state index in [2.05, 4.69) is 20.5 Å². The Morgan fingerprint density at radius 1 is 1.17 bits per heavy atom. The highest BCUT2D eigenvalue weighted by Gasteiger charge is 2.09. The lowest BCUT2D eigenvalue weighted by atomic mass is 10.2. The molecule has 2 heterocycles. The van der Waals surface area contributed by atoms with E-state index in [-0.39, 0.29) is 11.9 Å². The number of carbonyl (C=O) groups excluding carboxylic acids is 1. The predicted molar refractivity (Wildman–Crippen MR) is 86.6 cm³/mol. The number of nitrogens with zero attached hydrogens (tertiary/aromatic N) is 3. The van der Waals surface area contributed by atoms with E-state index in [9.17, 15) is 4.79 Å². The number of nitrogens with one attached hydrogen (secondary N) is 1. The van der Waals surface area contributed by atoms with Gasteiger partial charge in [0.05, 0.1) is 5.56 Å². The number of pyridine rings is 1. The maximum atomic E-state index is 11.9. The lowest BCUT2D eigenvalue weighted by Gasteiger charge is -1.97. The first-order valence-corrected chi connectivity index (χ1v) is 7.07. The molecular formula is C16H11ClN4O2. The van der Waals surface area contributed by atoms with E-state index >= 15 is 0 Å². The maximum Gasteiger partial charge on any atom is 0.322 e. The number of aromatic nitrogens is 3. The fourth-order valence-electron chi connectivity index (χ4n) is 1.80. The minimum atomic E-state index is -0.397. The average molecular weight is 327 g/mol. The Morgan fingerprint density at radius 2 is 2.04 bits per heavy atom. The van der Waals surface area contributed by atoms with Crippen molar-refractivity contribution in [3.63, 3.8) is 0 Å². The summed E-state index contributed by atoms with van der Waals surface area (Å²) in [5.74, 6) is -0.116. The van der Waals surface area contributed by atoms with Crippen molar-refractivity contribution in [1.82, 2.24) is 15.2 Å². The van der Waals surface area contributed by atoms with Crippen molar-refractivity contribution in [3.8, 4) is 11.5 Å². The summed E-state index contributed by atoms with van der Waals surface area (Å²) in [6, 6.07) is 10.8. The number of amides is 1. The Balaban J connectivity index is 1.67. The Kier molecular flexibility index (Phi) is 4.44. The van der Waals surface area contributed by atoms with E-state index in [1.807, 2.05) is 12.1 Å². The summed E-state index contributed by atoms with van der Waals surface area (Å²) in [6.45, 7) is 0. The van der Waals surface area contributed by atoms with Crippen LogP contribution in [-0.4, -0.2) is 21.1 Å². The Morgan fingerprint density at radius 3 is 2.83 bits per heavy atom. The summed E-state index contributed by atoms with van der Waals surface area (Å²) in [4.78, 5) is 15.8. The normalized spacial score (nSPS) is 10.8. The van der Waals surface area contributed by atoms with Gasteiger partial charge >= 0.3 is 6.01 Å². The molecule has 0 unspecified atom stereocenters. The van der Waals surface area contributed by atoms with Crippen LogP contribution < -0.4 is 5.32 Å². The Hall–Kier alpha value is -2.99. The van der Waals surface area contributed by atoms with Crippen molar-refractivity contribution in [2.24, 2.45) is 0 Å². The van der Waals surface area contributed by atoms with E-state index in [0.29, 0.717) is 10.6 Å². The zero-order valence-corrected chi connectivity index (χ0v) is 12.6. The van der Waals surface area contributed by atoms with E-state index in [1.54, 1.807) is 42.7 Å². The van der Waals surface area contributed by atoms with E-state index in [1.165, 1.54) is 6.08 Å². The third-order valence-electron chi connectivity index (χ3n) is 2.88. The van der Waals surface area contributed by atoms with Gasteiger partial charge in [0.15, 0.2) is 0 Å². The molecule has 0 saturated carbocycles. The molecule has 0 saturated heterocycles. The molecule has 0 atom stereocenters. The van der Waals surface area contributed by atoms with Crippen LogP contribution in [0.2, 0.25) is 5.02 Å². The van der Waals surface area contributed by atoms with Crippen LogP contribution in [0.4, 0.5) is 6.01 Å². The van der Waals surface area contributed by atoms with Crippen molar-refractivity contribution >= 4 is 29.6 Å². The van der Waals surface area contributed by atoms with Crippen molar-refractivity contribution in [2.45, 2.75) is 0 Å². The molecule has 7 heteroatoms. The molecule has 1 N–H and O–H groups in total. The molecule has 114 valence electrons. The van der Waals surface area contributed by atoms with Crippen LogP contribution in [-0.2, 0) is 4.79 Å². The lowest BCUT2D eigenvalue weighted by molar-refractivity contribution is -0.112. The summed E-state index contributed by atoms with van der Waals surface area (Å²) in [5, 5.41) is 10.7. The van der Waals surface area contributed by atoms with Crippen LogP contribution >= 0.6 is 11.6 Å². The van der Waals surface area contributed by atoms with Crippen LogP contribution in [0.3, 0.4) is 0 Å². The molecular weight excluding hydrogens is 316 g/mol. The molecule has 23 heavy (non-hydrogen) atoms. The smallest absolute Gasteiger partial charge is 0.322 e. The molecule has 3 rings (SSSR count). The van der Waals surface area contributed by atoms with Gasteiger partial charge in [0.1, 0.15) is 0 Å². The minimum absolute atomic E-state index is 0.0117.